The zero-order valence-electron chi connectivity index (χ0n) is 13.8. The summed E-state index contributed by atoms with van der Waals surface area (Å²) >= 11 is 1.46. The van der Waals surface area contributed by atoms with Crippen LogP contribution in [0.4, 0.5) is 4.39 Å². The van der Waals surface area contributed by atoms with Gasteiger partial charge in [0, 0.05) is 17.0 Å². The Bertz CT molecular complexity index is 748. The summed E-state index contributed by atoms with van der Waals surface area (Å²) in [5.41, 5.74) is 1.63. The minimum absolute atomic E-state index is 0.0658. The fourth-order valence-corrected chi connectivity index (χ4v) is 4.00. The molecular formula is C19H20FNO3S. The van der Waals surface area contributed by atoms with Crippen molar-refractivity contribution in [2.75, 3.05) is 6.61 Å². The van der Waals surface area contributed by atoms with Crippen molar-refractivity contribution < 1.29 is 18.7 Å². The van der Waals surface area contributed by atoms with Crippen LogP contribution in [0.2, 0.25) is 0 Å². The number of hydrogen-bond donors (Lipinski definition) is 1. The molecule has 132 valence electrons. The fraction of sp³-hybridized carbons (Fsp3) is 0.368. The van der Waals surface area contributed by atoms with E-state index in [-0.39, 0.29) is 19.0 Å². The summed E-state index contributed by atoms with van der Waals surface area (Å²) in [5.74, 6) is -1.30. The first-order chi connectivity index (χ1) is 12.1. The molecule has 1 aromatic carbocycles. The Hall–Kier alpha value is -2.21. The van der Waals surface area contributed by atoms with Gasteiger partial charge in [-0.15, -0.1) is 11.3 Å². The van der Waals surface area contributed by atoms with Crippen molar-refractivity contribution in [3.05, 3.63) is 57.0 Å². The summed E-state index contributed by atoms with van der Waals surface area (Å²) < 4.78 is 18.6. The molecule has 0 fully saturated rings. The number of rotatable bonds is 5. The van der Waals surface area contributed by atoms with Gasteiger partial charge in [0.1, 0.15) is 10.7 Å². The SMILES string of the molecule is O=C(COC(=O)c1cc2c(s1)CCCCC2)NCc1ccccc1F. The molecule has 1 amide bonds. The van der Waals surface area contributed by atoms with E-state index < -0.39 is 11.9 Å². The average Bonchev–Trinajstić information content (AvgIpc) is 2.90. The van der Waals surface area contributed by atoms with Crippen molar-refractivity contribution in [3.63, 3.8) is 0 Å². The highest BCUT2D eigenvalue weighted by atomic mass is 32.1. The Morgan fingerprint density at radius 2 is 1.96 bits per heavy atom. The normalized spacial score (nSPS) is 13.6. The predicted molar refractivity (Wildman–Crippen MR) is 94.1 cm³/mol. The number of halogens is 1. The van der Waals surface area contributed by atoms with Crippen LogP contribution in [-0.2, 0) is 28.9 Å². The minimum Gasteiger partial charge on any atom is -0.451 e. The third-order valence-corrected chi connectivity index (χ3v) is 5.43. The van der Waals surface area contributed by atoms with E-state index in [0.29, 0.717) is 10.4 Å². The maximum Gasteiger partial charge on any atom is 0.348 e. The van der Waals surface area contributed by atoms with Gasteiger partial charge in [-0.25, -0.2) is 9.18 Å². The van der Waals surface area contributed by atoms with Crippen LogP contribution < -0.4 is 5.32 Å². The summed E-state index contributed by atoms with van der Waals surface area (Å²) in [6.45, 7) is -0.299. The molecule has 0 bridgehead atoms. The number of fused-ring (bicyclic) bond motifs is 1. The van der Waals surface area contributed by atoms with Crippen LogP contribution in [0.5, 0.6) is 0 Å². The molecule has 1 aliphatic rings. The highest BCUT2D eigenvalue weighted by molar-refractivity contribution is 7.14. The average molecular weight is 361 g/mol. The second-order valence-corrected chi connectivity index (χ2v) is 7.20. The molecule has 0 saturated heterocycles. The van der Waals surface area contributed by atoms with Crippen molar-refractivity contribution in [1.82, 2.24) is 5.32 Å². The molecule has 6 heteroatoms. The van der Waals surface area contributed by atoms with Crippen molar-refractivity contribution in [2.45, 2.75) is 38.6 Å². The van der Waals surface area contributed by atoms with Crippen LogP contribution in [0.1, 0.15) is 44.9 Å². The molecule has 1 heterocycles. The third-order valence-electron chi connectivity index (χ3n) is 4.22. The first-order valence-electron chi connectivity index (χ1n) is 8.42. The Morgan fingerprint density at radius 1 is 1.16 bits per heavy atom. The first kappa shape index (κ1) is 17.6. The molecule has 1 aliphatic carbocycles. The van der Waals surface area contributed by atoms with E-state index >= 15 is 0 Å². The Kier molecular flexibility index (Phi) is 5.81. The maximum absolute atomic E-state index is 13.5. The number of esters is 1. The van der Waals surface area contributed by atoms with E-state index in [0.717, 1.165) is 25.7 Å². The van der Waals surface area contributed by atoms with Crippen molar-refractivity contribution in [1.29, 1.82) is 0 Å². The smallest absolute Gasteiger partial charge is 0.348 e. The zero-order chi connectivity index (χ0) is 17.6. The number of carbonyl (C=O) groups is 2. The zero-order valence-corrected chi connectivity index (χ0v) is 14.7. The molecule has 0 saturated carbocycles. The van der Waals surface area contributed by atoms with E-state index in [2.05, 4.69) is 5.32 Å². The van der Waals surface area contributed by atoms with Gasteiger partial charge in [0.05, 0.1) is 0 Å². The second kappa shape index (κ2) is 8.25. The Labute approximate surface area is 150 Å². The van der Waals surface area contributed by atoms with Gasteiger partial charge in [-0.3, -0.25) is 4.79 Å². The van der Waals surface area contributed by atoms with Crippen LogP contribution >= 0.6 is 11.3 Å². The van der Waals surface area contributed by atoms with Crippen LogP contribution in [0, 0.1) is 5.82 Å². The van der Waals surface area contributed by atoms with Crippen LogP contribution in [-0.4, -0.2) is 18.5 Å². The molecule has 2 aromatic rings. The highest BCUT2D eigenvalue weighted by Crippen LogP contribution is 2.29. The second-order valence-electron chi connectivity index (χ2n) is 6.06. The minimum atomic E-state index is -0.473. The largest absolute Gasteiger partial charge is 0.451 e. The van der Waals surface area contributed by atoms with Gasteiger partial charge in [0.15, 0.2) is 6.61 Å². The molecule has 0 atom stereocenters. The first-order valence-corrected chi connectivity index (χ1v) is 9.24. The lowest BCUT2D eigenvalue weighted by Gasteiger charge is -2.06. The number of nitrogens with one attached hydrogen (secondary N) is 1. The Balaban J connectivity index is 1.49. The molecule has 0 aliphatic heterocycles. The summed E-state index contributed by atoms with van der Waals surface area (Å²) in [5, 5.41) is 2.55. The van der Waals surface area contributed by atoms with Gasteiger partial charge in [-0.1, -0.05) is 24.6 Å². The number of aryl methyl sites for hydroxylation is 2. The van der Waals surface area contributed by atoms with Crippen molar-refractivity contribution in [2.24, 2.45) is 0 Å². The van der Waals surface area contributed by atoms with E-state index in [1.54, 1.807) is 18.2 Å². The third kappa shape index (κ3) is 4.66. The van der Waals surface area contributed by atoms with E-state index in [4.69, 9.17) is 4.74 Å². The van der Waals surface area contributed by atoms with Crippen molar-refractivity contribution in [3.8, 4) is 0 Å². The standard InChI is InChI=1S/C19H20FNO3S/c20-15-8-5-4-7-14(15)11-21-18(22)12-24-19(23)17-10-13-6-2-1-3-9-16(13)25-17/h4-5,7-8,10H,1-3,6,9,11-12H2,(H,21,22). The lowest BCUT2D eigenvalue weighted by atomic mass is 10.1. The number of hydrogen-bond acceptors (Lipinski definition) is 4. The molecule has 4 nitrogen and oxygen atoms in total. The predicted octanol–water partition coefficient (Wildman–Crippen LogP) is 3.63. The van der Waals surface area contributed by atoms with Crippen LogP contribution in [0.25, 0.3) is 0 Å². The molecule has 25 heavy (non-hydrogen) atoms. The molecule has 0 spiro atoms. The van der Waals surface area contributed by atoms with E-state index in [9.17, 15) is 14.0 Å². The lowest BCUT2D eigenvalue weighted by molar-refractivity contribution is -0.124. The number of ether oxygens (including phenoxy) is 1. The number of benzene rings is 1. The van der Waals surface area contributed by atoms with Crippen molar-refractivity contribution >= 4 is 23.2 Å². The molecule has 0 unspecified atom stereocenters. The van der Waals surface area contributed by atoms with Gasteiger partial charge in [0.2, 0.25) is 0 Å². The number of amides is 1. The molecule has 1 N–H and O–H groups in total. The quantitative estimate of drug-likeness (QED) is 0.654. The van der Waals surface area contributed by atoms with Gasteiger partial charge in [0.25, 0.3) is 5.91 Å². The Morgan fingerprint density at radius 3 is 2.80 bits per heavy atom. The summed E-state index contributed by atoms with van der Waals surface area (Å²) in [6.07, 6.45) is 5.54. The van der Waals surface area contributed by atoms with Gasteiger partial charge < -0.3 is 10.1 Å². The molecule has 0 radical (unpaired) electrons. The summed E-state index contributed by atoms with van der Waals surface area (Å²) in [4.78, 5) is 25.7. The number of carbonyl (C=O) groups excluding carboxylic acids is 2. The summed E-state index contributed by atoms with van der Waals surface area (Å²) in [6, 6.07) is 8.12. The maximum atomic E-state index is 13.5. The molecule has 3 rings (SSSR count). The monoisotopic (exact) mass is 361 g/mol. The molecule has 1 aromatic heterocycles. The van der Waals surface area contributed by atoms with Crippen LogP contribution in [0.15, 0.2) is 30.3 Å². The molecular weight excluding hydrogens is 341 g/mol. The fourth-order valence-electron chi connectivity index (χ4n) is 2.86. The van der Waals surface area contributed by atoms with Gasteiger partial charge >= 0.3 is 5.97 Å². The highest BCUT2D eigenvalue weighted by Gasteiger charge is 2.18. The van der Waals surface area contributed by atoms with Gasteiger partial charge in [-0.2, -0.15) is 0 Å². The lowest BCUT2D eigenvalue weighted by Crippen LogP contribution is -2.28. The van der Waals surface area contributed by atoms with Crippen LogP contribution in [0.3, 0.4) is 0 Å². The van der Waals surface area contributed by atoms with E-state index in [1.807, 2.05) is 6.07 Å². The van der Waals surface area contributed by atoms with E-state index in [1.165, 1.54) is 34.3 Å². The summed E-state index contributed by atoms with van der Waals surface area (Å²) in [7, 11) is 0. The number of thiophene rings is 1. The van der Waals surface area contributed by atoms with Gasteiger partial charge in [-0.05, 0) is 43.4 Å². The topological polar surface area (TPSA) is 55.4 Å².